The van der Waals surface area contributed by atoms with E-state index in [1.807, 2.05) is 30.3 Å². The Morgan fingerprint density at radius 1 is 1.27 bits per heavy atom. The third-order valence-corrected chi connectivity index (χ3v) is 4.38. The topological polar surface area (TPSA) is 74.5 Å². The van der Waals surface area contributed by atoms with Gasteiger partial charge in [0.05, 0.1) is 12.1 Å². The van der Waals surface area contributed by atoms with Crippen molar-refractivity contribution in [3.8, 4) is 0 Å². The van der Waals surface area contributed by atoms with E-state index in [1.54, 1.807) is 0 Å². The van der Waals surface area contributed by atoms with Crippen LogP contribution in [0.1, 0.15) is 31.4 Å². The van der Waals surface area contributed by atoms with Crippen molar-refractivity contribution < 1.29 is 14.3 Å². The molecule has 0 bridgehead atoms. The minimum absolute atomic E-state index is 0.00396. The van der Waals surface area contributed by atoms with E-state index >= 15 is 0 Å². The summed E-state index contributed by atoms with van der Waals surface area (Å²) in [7, 11) is 0. The van der Waals surface area contributed by atoms with Crippen LogP contribution in [0.5, 0.6) is 0 Å². The van der Waals surface area contributed by atoms with Crippen LogP contribution in [-0.2, 0) is 6.42 Å². The van der Waals surface area contributed by atoms with Gasteiger partial charge in [-0.05, 0) is 25.0 Å². The van der Waals surface area contributed by atoms with Crippen molar-refractivity contribution in [2.24, 2.45) is 0 Å². The average molecular weight is 302 g/mol. The fraction of sp³-hybridized carbons (Fsp3) is 0.471. The Morgan fingerprint density at radius 3 is 2.77 bits per heavy atom. The monoisotopic (exact) mass is 302 g/mol. The zero-order chi connectivity index (χ0) is 15.4. The minimum Gasteiger partial charge on any atom is -0.461 e. The molecule has 5 heteroatoms. The van der Waals surface area contributed by atoms with Gasteiger partial charge in [-0.1, -0.05) is 31.0 Å². The maximum atomic E-state index is 12.0. The van der Waals surface area contributed by atoms with Crippen molar-refractivity contribution in [1.29, 1.82) is 0 Å². The zero-order valence-electron chi connectivity index (χ0n) is 12.6. The summed E-state index contributed by atoms with van der Waals surface area (Å²) < 4.78 is 5.71. The molecule has 1 aliphatic carbocycles. The number of rotatable bonds is 5. The molecule has 1 saturated carbocycles. The molecule has 1 heterocycles. The van der Waals surface area contributed by atoms with Crippen molar-refractivity contribution in [2.45, 2.75) is 37.6 Å². The lowest BCUT2D eigenvalue weighted by atomic mass is 9.99. The molecule has 0 atom stereocenters. The third kappa shape index (κ3) is 3.25. The van der Waals surface area contributed by atoms with Crippen LogP contribution in [0.3, 0.4) is 0 Å². The summed E-state index contributed by atoms with van der Waals surface area (Å²) in [6.07, 6.45) is 4.45. The maximum Gasteiger partial charge on any atom is 0.315 e. The first-order chi connectivity index (χ1) is 10.7. The van der Waals surface area contributed by atoms with Crippen LogP contribution in [-0.4, -0.2) is 29.8 Å². The van der Waals surface area contributed by atoms with Gasteiger partial charge >= 0.3 is 6.03 Å². The van der Waals surface area contributed by atoms with Crippen LogP contribution in [0, 0.1) is 0 Å². The first-order valence-corrected chi connectivity index (χ1v) is 7.85. The molecule has 0 saturated heterocycles. The Hall–Kier alpha value is -2.01. The number of aliphatic hydroxyl groups excluding tert-OH is 1. The van der Waals surface area contributed by atoms with Gasteiger partial charge in [0, 0.05) is 18.4 Å². The van der Waals surface area contributed by atoms with Gasteiger partial charge in [0.1, 0.15) is 11.3 Å². The molecule has 2 aromatic rings. The van der Waals surface area contributed by atoms with Crippen molar-refractivity contribution in [1.82, 2.24) is 10.6 Å². The molecule has 3 N–H and O–H groups in total. The fourth-order valence-corrected chi connectivity index (χ4v) is 3.12. The van der Waals surface area contributed by atoms with E-state index in [-0.39, 0.29) is 12.6 Å². The standard InChI is InChI=1S/C17H22N2O3/c20-12-17(8-3-4-9-17)19-16(21)18-10-7-14-11-13-5-1-2-6-15(13)22-14/h1-2,5-6,11,20H,3-4,7-10,12H2,(H2,18,19,21). The molecule has 2 amide bonds. The number of furan rings is 1. The number of carbonyl (C=O) groups is 1. The van der Waals surface area contributed by atoms with E-state index in [1.165, 1.54) is 0 Å². The highest BCUT2D eigenvalue weighted by atomic mass is 16.3. The predicted octanol–water partition coefficient (Wildman–Crippen LogP) is 2.58. The lowest BCUT2D eigenvalue weighted by Crippen LogP contribution is -2.53. The summed E-state index contributed by atoms with van der Waals surface area (Å²) in [6, 6.07) is 9.64. The number of benzene rings is 1. The number of carbonyl (C=O) groups excluding carboxylic acids is 1. The van der Waals surface area contributed by atoms with E-state index in [2.05, 4.69) is 10.6 Å². The molecule has 1 aromatic carbocycles. The first-order valence-electron chi connectivity index (χ1n) is 7.85. The van der Waals surface area contributed by atoms with Gasteiger partial charge in [-0.25, -0.2) is 4.79 Å². The number of aliphatic hydroxyl groups is 1. The van der Waals surface area contributed by atoms with E-state index in [0.29, 0.717) is 13.0 Å². The number of hydrogen-bond donors (Lipinski definition) is 3. The minimum atomic E-state index is -0.427. The van der Waals surface area contributed by atoms with Gasteiger partial charge in [0.2, 0.25) is 0 Å². The Balaban J connectivity index is 1.49. The summed E-state index contributed by atoms with van der Waals surface area (Å²) in [5, 5.41) is 16.3. The summed E-state index contributed by atoms with van der Waals surface area (Å²) in [5.41, 5.74) is 0.441. The van der Waals surface area contributed by atoms with Crippen LogP contribution in [0.2, 0.25) is 0 Å². The number of para-hydroxylation sites is 1. The molecule has 0 unspecified atom stereocenters. The highest BCUT2D eigenvalue weighted by molar-refractivity contribution is 5.77. The van der Waals surface area contributed by atoms with E-state index in [9.17, 15) is 9.90 Å². The Kier molecular flexibility index (Phi) is 4.34. The van der Waals surface area contributed by atoms with Crippen LogP contribution in [0.4, 0.5) is 4.79 Å². The second kappa shape index (κ2) is 6.40. The highest BCUT2D eigenvalue weighted by Gasteiger charge is 2.34. The van der Waals surface area contributed by atoms with Crippen LogP contribution < -0.4 is 10.6 Å². The van der Waals surface area contributed by atoms with Gasteiger partial charge in [-0.3, -0.25) is 0 Å². The van der Waals surface area contributed by atoms with Crippen molar-refractivity contribution in [3.05, 3.63) is 36.1 Å². The largest absolute Gasteiger partial charge is 0.461 e. The number of fused-ring (bicyclic) bond motifs is 1. The lowest BCUT2D eigenvalue weighted by Gasteiger charge is -2.27. The normalized spacial score (nSPS) is 16.8. The van der Waals surface area contributed by atoms with Gasteiger partial charge in [0.25, 0.3) is 0 Å². The molecule has 1 fully saturated rings. The third-order valence-electron chi connectivity index (χ3n) is 4.38. The highest BCUT2D eigenvalue weighted by Crippen LogP contribution is 2.28. The average Bonchev–Trinajstić information content (AvgIpc) is 3.14. The summed E-state index contributed by atoms with van der Waals surface area (Å²) >= 11 is 0. The van der Waals surface area contributed by atoms with Crippen molar-refractivity contribution in [3.63, 3.8) is 0 Å². The van der Waals surface area contributed by atoms with Gasteiger partial charge in [0.15, 0.2) is 0 Å². The number of hydrogen-bond acceptors (Lipinski definition) is 3. The molecule has 1 aliphatic rings. The van der Waals surface area contributed by atoms with Gasteiger partial charge in [-0.2, -0.15) is 0 Å². The lowest BCUT2D eigenvalue weighted by molar-refractivity contribution is 0.163. The van der Waals surface area contributed by atoms with Crippen LogP contribution in [0.25, 0.3) is 11.0 Å². The second-order valence-electron chi connectivity index (χ2n) is 6.03. The molecular weight excluding hydrogens is 280 g/mol. The SMILES string of the molecule is O=C(NCCc1cc2ccccc2o1)NC1(CO)CCCC1. The molecule has 22 heavy (non-hydrogen) atoms. The summed E-state index contributed by atoms with van der Waals surface area (Å²) in [6.45, 7) is 0.511. The second-order valence-corrected chi connectivity index (χ2v) is 6.03. The van der Waals surface area contributed by atoms with E-state index in [4.69, 9.17) is 4.42 Å². The summed E-state index contributed by atoms with van der Waals surface area (Å²) in [5.74, 6) is 0.860. The number of amides is 2. The van der Waals surface area contributed by atoms with Gasteiger partial charge in [-0.15, -0.1) is 0 Å². The van der Waals surface area contributed by atoms with Gasteiger partial charge < -0.3 is 20.2 Å². The van der Waals surface area contributed by atoms with Crippen LogP contribution in [0.15, 0.2) is 34.7 Å². The number of nitrogens with one attached hydrogen (secondary N) is 2. The maximum absolute atomic E-state index is 12.0. The molecular formula is C17H22N2O3. The molecule has 5 nitrogen and oxygen atoms in total. The molecule has 118 valence electrons. The smallest absolute Gasteiger partial charge is 0.315 e. The molecule has 0 radical (unpaired) electrons. The van der Waals surface area contributed by atoms with E-state index < -0.39 is 5.54 Å². The quantitative estimate of drug-likeness (QED) is 0.794. The number of urea groups is 1. The van der Waals surface area contributed by atoms with Crippen LogP contribution >= 0.6 is 0 Å². The first kappa shape index (κ1) is 14.9. The molecule has 3 rings (SSSR count). The predicted molar refractivity (Wildman–Crippen MR) is 84.7 cm³/mol. The zero-order valence-corrected chi connectivity index (χ0v) is 12.6. The van der Waals surface area contributed by atoms with E-state index in [0.717, 1.165) is 42.4 Å². The fourth-order valence-electron chi connectivity index (χ4n) is 3.12. The Morgan fingerprint density at radius 2 is 2.05 bits per heavy atom. The summed E-state index contributed by atoms with van der Waals surface area (Å²) in [4.78, 5) is 12.0. The molecule has 0 aliphatic heterocycles. The Labute approximate surface area is 129 Å². The Bertz CT molecular complexity index is 611. The van der Waals surface area contributed by atoms with Crippen molar-refractivity contribution in [2.75, 3.05) is 13.2 Å². The van der Waals surface area contributed by atoms with Crippen molar-refractivity contribution >= 4 is 17.0 Å². The molecule has 0 spiro atoms. The molecule has 1 aromatic heterocycles.